The second kappa shape index (κ2) is 6.49. The monoisotopic (exact) mass is 390 g/mol. The largest absolute Gasteiger partial charge is 0.454 e. The zero-order valence-corrected chi connectivity index (χ0v) is 16.5. The predicted molar refractivity (Wildman–Crippen MR) is 109 cm³/mol. The van der Waals surface area contributed by atoms with Crippen molar-refractivity contribution in [2.75, 3.05) is 26.4 Å². The Labute approximate surface area is 171 Å². The summed E-state index contributed by atoms with van der Waals surface area (Å²) < 4.78 is 11.4. The maximum absolute atomic E-state index is 13.7. The molecule has 0 aromatic heterocycles. The smallest absolute Gasteiger partial charge is 0.243 e. The molecule has 0 saturated carbocycles. The molecule has 29 heavy (non-hydrogen) atoms. The number of benzene rings is 2. The summed E-state index contributed by atoms with van der Waals surface area (Å²) in [5, 5.41) is 0. The Morgan fingerprint density at radius 2 is 1.97 bits per heavy atom. The molecule has 4 aliphatic heterocycles. The molecule has 2 aromatic rings. The first-order valence-electron chi connectivity index (χ1n) is 10.8. The van der Waals surface area contributed by atoms with Crippen molar-refractivity contribution in [3.63, 3.8) is 0 Å². The van der Waals surface area contributed by atoms with E-state index in [-0.39, 0.29) is 11.6 Å². The molecule has 0 bridgehead atoms. The molecule has 1 spiro atoms. The van der Waals surface area contributed by atoms with Crippen LogP contribution in [0.4, 0.5) is 0 Å². The van der Waals surface area contributed by atoms with E-state index in [9.17, 15) is 4.79 Å². The summed E-state index contributed by atoms with van der Waals surface area (Å²) in [6.07, 6.45) is 4.03. The summed E-state index contributed by atoms with van der Waals surface area (Å²) in [4.78, 5) is 18.3. The number of nitrogens with zero attached hydrogens (tertiary/aromatic N) is 2. The molecular formula is C24H26N2O3. The van der Waals surface area contributed by atoms with Crippen molar-refractivity contribution in [2.24, 2.45) is 5.92 Å². The van der Waals surface area contributed by atoms with Gasteiger partial charge in [-0.15, -0.1) is 0 Å². The first kappa shape index (κ1) is 17.3. The first-order valence-corrected chi connectivity index (χ1v) is 10.8. The predicted octanol–water partition coefficient (Wildman–Crippen LogP) is 3.40. The number of ether oxygens (including phenoxy) is 2. The van der Waals surface area contributed by atoms with Crippen LogP contribution in [0.15, 0.2) is 48.5 Å². The summed E-state index contributed by atoms with van der Waals surface area (Å²) in [6, 6.07) is 16.9. The van der Waals surface area contributed by atoms with Crippen LogP contribution in [0.1, 0.15) is 36.4 Å². The van der Waals surface area contributed by atoms with Gasteiger partial charge in [-0.2, -0.15) is 0 Å². The van der Waals surface area contributed by atoms with Crippen LogP contribution < -0.4 is 9.47 Å². The molecule has 3 fully saturated rings. The van der Waals surface area contributed by atoms with Gasteiger partial charge in [0.1, 0.15) is 5.54 Å². The van der Waals surface area contributed by atoms with Crippen molar-refractivity contribution in [1.29, 1.82) is 0 Å². The zero-order valence-electron chi connectivity index (χ0n) is 16.5. The van der Waals surface area contributed by atoms with Crippen molar-refractivity contribution in [1.82, 2.24) is 9.80 Å². The van der Waals surface area contributed by atoms with Crippen LogP contribution in [-0.2, 0) is 11.2 Å². The highest BCUT2D eigenvalue weighted by Gasteiger charge is 2.65. The van der Waals surface area contributed by atoms with E-state index in [1.807, 2.05) is 18.2 Å². The van der Waals surface area contributed by atoms with Crippen LogP contribution in [-0.4, -0.2) is 47.7 Å². The molecule has 0 N–H and O–H groups in total. The molecule has 5 nitrogen and oxygen atoms in total. The van der Waals surface area contributed by atoms with Crippen LogP contribution >= 0.6 is 0 Å². The maximum Gasteiger partial charge on any atom is 0.243 e. The number of carbonyl (C=O) groups is 1. The number of hydrogen-bond donors (Lipinski definition) is 0. The molecule has 6 rings (SSSR count). The topological polar surface area (TPSA) is 42.0 Å². The molecule has 3 atom stereocenters. The Bertz CT molecular complexity index is 946. The summed E-state index contributed by atoms with van der Waals surface area (Å²) in [7, 11) is 0. The fourth-order valence-electron chi connectivity index (χ4n) is 6.19. The lowest BCUT2D eigenvalue weighted by Gasteiger charge is -2.34. The number of likely N-dealkylation sites (tertiary alicyclic amines) is 1. The molecule has 5 heteroatoms. The van der Waals surface area contributed by atoms with Crippen molar-refractivity contribution in [2.45, 2.75) is 37.3 Å². The van der Waals surface area contributed by atoms with Gasteiger partial charge in [0.25, 0.3) is 0 Å². The standard InChI is InChI=1S/C24H26N2O3/c27-23-24-11-5-12-26(24)20(19-8-4-9-21-22(19)29-16-28-21)14-18(24)15-25(23)13-10-17-6-2-1-3-7-17/h1-4,6-9,18,20H,5,10-16H2/t18-,20-,24-/m0/s1. The third kappa shape index (κ3) is 2.46. The van der Waals surface area contributed by atoms with Gasteiger partial charge in [0, 0.05) is 30.6 Å². The Kier molecular flexibility index (Phi) is 3.88. The van der Waals surface area contributed by atoms with Crippen molar-refractivity contribution < 1.29 is 14.3 Å². The van der Waals surface area contributed by atoms with Crippen LogP contribution in [0, 0.1) is 5.92 Å². The van der Waals surface area contributed by atoms with E-state index in [2.05, 4.69) is 40.1 Å². The third-order valence-electron chi connectivity index (χ3n) is 7.43. The van der Waals surface area contributed by atoms with Crippen molar-refractivity contribution in [3.8, 4) is 11.5 Å². The molecule has 4 heterocycles. The molecule has 0 unspecified atom stereocenters. The van der Waals surface area contributed by atoms with Crippen molar-refractivity contribution >= 4 is 5.91 Å². The lowest BCUT2D eigenvalue weighted by atomic mass is 9.85. The Morgan fingerprint density at radius 1 is 1.07 bits per heavy atom. The minimum absolute atomic E-state index is 0.249. The highest BCUT2D eigenvalue weighted by Crippen LogP contribution is 2.57. The first-order chi connectivity index (χ1) is 14.3. The van der Waals surface area contributed by atoms with Crippen molar-refractivity contribution in [3.05, 3.63) is 59.7 Å². The van der Waals surface area contributed by atoms with Crippen LogP contribution in [0.5, 0.6) is 11.5 Å². The Hall–Kier alpha value is -2.53. The van der Waals surface area contributed by atoms with Gasteiger partial charge < -0.3 is 14.4 Å². The average Bonchev–Trinajstić information content (AvgIpc) is 3.50. The van der Waals surface area contributed by atoms with E-state index in [0.717, 1.165) is 56.8 Å². The summed E-state index contributed by atoms with van der Waals surface area (Å²) in [5.41, 5.74) is 2.19. The van der Waals surface area contributed by atoms with E-state index < -0.39 is 0 Å². The van der Waals surface area contributed by atoms with Crippen LogP contribution in [0.3, 0.4) is 0 Å². The van der Waals surface area contributed by atoms with E-state index >= 15 is 0 Å². The van der Waals surface area contributed by atoms with E-state index in [1.165, 1.54) is 11.1 Å². The number of carbonyl (C=O) groups excluding carboxylic acids is 1. The van der Waals surface area contributed by atoms with Crippen LogP contribution in [0.2, 0.25) is 0 Å². The third-order valence-corrected chi connectivity index (χ3v) is 7.43. The van der Waals surface area contributed by atoms with Gasteiger partial charge in [-0.3, -0.25) is 9.69 Å². The van der Waals surface area contributed by atoms with Gasteiger partial charge >= 0.3 is 0 Å². The number of rotatable bonds is 4. The number of amides is 1. The highest BCUT2D eigenvalue weighted by atomic mass is 16.7. The lowest BCUT2D eigenvalue weighted by Crippen LogP contribution is -2.49. The van der Waals surface area contributed by atoms with Gasteiger partial charge in [-0.1, -0.05) is 42.5 Å². The van der Waals surface area contributed by atoms with Gasteiger partial charge in [0.2, 0.25) is 12.7 Å². The minimum atomic E-state index is -0.302. The van der Waals surface area contributed by atoms with E-state index in [1.54, 1.807) is 0 Å². The normalized spacial score (nSPS) is 30.1. The summed E-state index contributed by atoms with van der Waals surface area (Å²) in [5.74, 6) is 2.47. The number of para-hydroxylation sites is 1. The second-order valence-electron chi connectivity index (χ2n) is 8.74. The quantitative estimate of drug-likeness (QED) is 0.803. The Balaban J connectivity index is 1.26. The molecule has 3 saturated heterocycles. The molecule has 0 aliphatic carbocycles. The maximum atomic E-state index is 13.7. The molecule has 2 aromatic carbocycles. The van der Waals surface area contributed by atoms with Gasteiger partial charge in [0.05, 0.1) is 0 Å². The fraction of sp³-hybridized carbons (Fsp3) is 0.458. The number of hydrogen-bond acceptors (Lipinski definition) is 4. The fourth-order valence-corrected chi connectivity index (χ4v) is 6.19. The number of fused-ring (bicyclic) bond motifs is 1. The van der Waals surface area contributed by atoms with E-state index in [0.29, 0.717) is 18.6 Å². The summed E-state index contributed by atoms with van der Waals surface area (Å²) >= 11 is 0. The summed E-state index contributed by atoms with van der Waals surface area (Å²) in [6.45, 7) is 2.98. The minimum Gasteiger partial charge on any atom is -0.454 e. The second-order valence-corrected chi connectivity index (χ2v) is 8.74. The molecular weight excluding hydrogens is 364 g/mol. The molecule has 1 amide bonds. The van der Waals surface area contributed by atoms with Gasteiger partial charge in [0.15, 0.2) is 11.5 Å². The molecule has 4 aliphatic rings. The highest BCUT2D eigenvalue weighted by molar-refractivity contribution is 5.90. The molecule has 0 radical (unpaired) electrons. The zero-order chi connectivity index (χ0) is 19.4. The SMILES string of the molecule is O=C1N(CCc2ccccc2)C[C@@H]2C[C@@H](c3cccc4c3OCO4)N3CCC[C@@]123. The van der Waals surface area contributed by atoms with E-state index in [4.69, 9.17) is 9.47 Å². The lowest BCUT2D eigenvalue weighted by molar-refractivity contribution is -0.137. The molecule has 150 valence electrons. The average molecular weight is 390 g/mol. The van der Waals surface area contributed by atoms with Gasteiger partial charge in [-0.25, -0.2) is 0 Å². The van der Waals surface area contributed by atoms with Gasteiger partial charge in [-0.05, 0) is 43.9 Å². The Morgan fingerprint density at radius 3 is 2.86 bits per heavy atom. The van der Waals surface area contributed by atoms with Crippen LogP contribution in [0.25, 0.3) is 0 Å².